The molecule has 1 amide bonds. The fourth-order valence-electron chi connectivity index (χ4n) is 4.32. The topological polar surface area (TPSA) is 95.4 Å². The second-order valence-electron chi connectivity index (χ2n) is 8.42. The Kier molecular flexibility index (Phi) is 5.44. The van der Waals surface area contributed by atoms with Crippen molar-refractivity contribution in [2.45, 2.75) is 19.4 Å². The molecule has 0 saturated carbocycles. The normalized spacial score (nSPS) is 16.8. The van der Waals surface area contributed by atoms with E-state index in [1.807, 2.05) is 18.2 Å². The third-order valence-electron chi connectivity index (χ3n) is 6.16. The van der Waals surface area contributed by atoms with E-state index in [-0.39, 0.29) is 17.9 Å². The highest BCUT2D eigenvalue weighted by Gasteiger charge is 2.20. The number of carbonyl (C=O) groups excluding carboxylic acids is 1. The summed E-state index contributed by atoms with van der Waals surface area (Å²) in [5.41, 5.74) is 3.16. The number of nitrogens with one attached hydrogen (secondary N) is 2. The highest BCUT2D eigenvalue weighted by Crippen LogP contribution is 2.31. The Morgan fingerprint density at radius 1 is 1.06 bits per heavy atom. The minimum atomic E-state index is -0.242. The van der Waals surface area contributed by atoms with Crippen LogP contribution in [0.25, 0.3) is 11.0 Å². The molecule has 2 aromatic heterocycles. The molecule has 5 rings (SSSR count). The molecule has 2 aliphatic rings. The molecule has 9 nitrogen and oxygen atoms in total. The van der Waals surface area contributed by atoms with Crippen LogP contribution < -0.4 is 21.1 Å². The number of hydrogen-bond donors (Lipinski definition) is 2. The van der Waals surface area contributed by atoms with Crippen LogP contribution in [0.1, 0.15) is 18.4 Å². The van der Waals surface area contributed by atoms with Crippen LogP contribution in [0.4, 0.5) is 23.0 Å². The van der Waals surface area contributed by atoms with Crippen molar-refractivity contribution >= 4 is 40.0 Å². The van der Waals surface area contributed by atoms with Crippen LogP contribution in [0.2, 0.25) is 0 Å². The van der Waals surface area contributed by atoms with E-state index in [0.717, 1.165) is 43.2 Å². The van der Waals surface area contributed by atoms with Gasteiger partial charge in [-0.1, -0.05) is 5.92 Å². The number of aromatic nitrogens is 3. The Morgan fingerprint density at radius 3 is 2.67 bits per heavy atom. The van der Waals surface area contributed by atoms with E-state index in [2.05, 4.69) is 43.4 Å². The molecular formula is C24H25N7O2. The van der Waals surface area contributed by atoms with E-state index in [4.69, 9.17) is 6.42 Å². The Balaban J connectivity index is 1.58. The Hall–Kier alpha value is -3.90. The third-order valence-corrected chi connectivity index (χ3v) is 6.16. The molecule has 0 spiro atoms. The zero-order chi connectivity index (χ0) is 22.9. The van der Waals surface area contributed by atoms with Gasteiger partial charge < -0.3 is 20.4 Å². The molecule has 0 atom stereocenters. The van der Waals surface area contributed by atoms with Gasteiger partial charge in [-0.15, -0.1) is 6.42 Å². The summed E-state index contributed by atoms with van der Waals surface area (Å²) in [6.45, 7) is 4.07. The number of nitrogens with zero attached hydrogens (tertiary/aromatic N) is 5. The number of fused-ring (bicyclic) bond motifs is 3. The number of amides is 1. The highest BCUT2D eigenvalue weighted by molar-refractivity contribution is 5.95. The van der Waals surface area contributed by atoms with Gasteiger partial charge in [-0.25, -0.2) is 4.98 Å². The number of piperazine rings is 1. The summed E-state index contributed by atoms with van der Waals surface area (Å²) in [5.74, 6) is 2.81. The first-order valence-electron chi connectivity index (χ1n) is 11.0. The summed E-state index contributed by atoms with van der Waals surface area (Å²) in [5, 5.41) is 6.91. The lowest BCUT2D eigenvalue weighted by Gasteiger charge is -2.35. The fourth-order valence-corrected chi connectivity index (χ4v) is 4.32. The van der Waals surface area contributed by atoms with Crippen LogP contribution >= 0.6 is 0 Å². The number of aryl methyl sites for hydroxylation is 1. The van der Waals surface area contributed by atoms with Gasteiger partial charge in [0.1, 0.15) is 5.65 Å². The number of anilines is 4. The van der Waals surface area contributed by atoms with Gasteiger partial charge in [0.2, 0.25) is 11.9 Å². The zero-order valence-corrected chi connectivity index (χ0v) is 18.5. The van der Waals surface area contributed by atoms with Crippen molar-refractivity contribution in [3.8, 4) is 12.3 Å². The lowest BCUT2D eigenvalue weighted by molar-refractivity contribution is -0.116. The van der Waals surface area contributed by atoms with Gasteiger partial charge in [0.05, 0.1) is 16.8 Å². The SMILES string of the molecule is C#Cc1cc(=O)n2c3nc(ncc13)Nc1ccc(N3CCN(C)CC3)c(c1)NC(=O)CCC2. The summed E-state index contributed by atoms with van der Waals surface area (Å²) in [6.07, 6.45) is 8.01. The van der Waals surface area contributed by atoms with E-state index in [9.17, 15) is 9.59 Å². The minimum Gasteiger partial charge on any atom is -0.367 e. The maximum atomic E-state index is 12.8. The van der Waals surface area contributed by atoms with Crippen molar-refractivity contribution < 1.29 is 4.79 Å². The monoisotopic (exact) mass is 443 g/mol. The molecule has 1 fully saturated rings. The number of rotatable bonds is 1. The van der Waals surface area contributed by atoms with Crippen molar-refractivity contribution in [3.63, 3.8) is 0 Å². The van der Waals surface area contributed by atoms with Gasteiger partial charge in [0.25, 0.3) is 5.56 Å². The Labute approximate surface area is 191 Å². The van der Waals surface area contributed by atoms with E-state index in [0.29, 0.717) is 35.5 Å². The quantitative estimate of drug-likeness (QED) is 0.556. The fraction of sp³-hybridized carbons (Fsp3) is 0.333. The molecule has 33 heavy (non-hydrogen) atoms. The first kappa shape index (κ1) is 21.0. The predicted molar refractivity (Wildman–Crippen MR) is 129 cm³/mol. The molecule has 4 heterocycles. The van der Waals surface area contributed by atoms with Crippen LogP contribution in [-0.2, 0) is 11.3 Å². The van der Waals surface area contributed by atoms with Crippen molar-refractivity contribution in [1.82, 2.24) is 19.4 Å². The number of terminal acetylenes is 1. The molecule has 0 aliphatic carbocycles. The molecule has 9 heteroatoms. The average molecular weight is 444 g/mol. The standard InChI is InChI=1S/C24H25N7O2/c1-3-16-13-22(33)31-8-4-5-21(32)27-19-14-17(26-24-25-15-18(16)23(31)28-24)6-7-20(19)30-11-9-29(2)10-12-30/h1,6-7,13-15H,4-5,8-12H2,2H3,(H,27,32)(H,25,26,28). The van der Waals surface area contributed by atoms with Crippen LogP contribution in [0.15, 0.2) is 35.3 Å². The van der Waals surface area contributed by atoms with E-state index >= 15 is 0 Å². The van der Waals surface area contributed by atoms with Gasteiger partial charge in [-0.05, 0) is 31.7 Å². The summed E-state index contributed by atoms with van der Waals surface area (Å²) in [4.78, 5) is 39.1. The molecule has 1 saturated heterocycles. The molecule has 2 N–H and O–H groups in total. The second-order valence-corrected chi connectivity index (χ2v) is 8.42. The first-order chi connectivity index (χ1) is 16.0. The highest BCUT2D eigenvalue weighted by atomic mass is 16.1. The number of hydrogen-bond acceptors (Lipinski definition) is 7. The number of likely N-dealkylation sites (N-methyl/N-ethyl adjacent to an activating group) is 1. The van der Waals surface area contributed by atoms with Crippen LogP contribution in [0.5, 0.6) is 0 Å². The molecule has 1 aromatic carbocycles. The van der Waals surface area contributed by atoms with E-state index in [1.165, 1.54) is 6.07 Å². The minimum absolute atomic E-state index is 0.0934. The lowest BCUT2D eigenvalue weighted by atomic mass is 10.1. The maximum Gasteiger partial charge on any atom is 0.253 e. The molecular weight excluding hydrogens is 418 g/mol. The summed E-state index contributed by atoms with van der Waals surface area (Å²) >= 11 is 0. The van der Waals surface area contributed by atoms with Gasteiger partial charge >= 0.3 is 0 Å². The van der Waals surface area contributed by atoms with Crippen LogP contribution in [0, 0.1) is 12.3 Å². The molecule has 2 aliphatic heterocycles. The largest absolute Gasteiger partial charge is 0.367 e. The molecule has 168 valence electrons. The maximum absolute atomic E-state index is 12.8. The number of benzene rings is 1. The zero-order valence-electron chi connectivity index (χ0n) is 18.5. The number of pyridine rings is 1. The third kappa shape index (κ3) is 4.13. The summed E-state index contributed by atoms with van der Waals surface area (Å²) in [6, 6.07) is 7.28. The average Bonchev–Trinajstić information content (AvgIpc) is 2.81. The Morgan fingerprint density at radius 2 is 1.88 bits per heavy atom. The van der Waals surface area contributed by atoms with Crippen molar-refractivity contribution in [2.24, 2.45) is 0 Å². The molecule has 0 unspecified atom stereocenters. The van der Waals surface area contributed by atoms with Gasteiger partial charge in [0.15, 0.2) is 0 Å². The summed E-state index contributed by atoms with van der Waals surface area (Å²) in [7, 11) is 2.11. The Bertz CT molecular complexity index is 1330. The smallest absolute Gasteiger partial charge is 0.253 e. The molecule has 3 aromatic rings. The van der Waals surface area contributed by atoms with Gasteiger partial charge in [0, 0.05) is 62.7 Å². The summed E-state index contributed by atoms with van der Waals surface area (Å²) < 4.78 is 1.56. The van der Waals surface area contributed by atoms with Crippen molar-refractivity contribution in [3.05, 3.63) is 46.4 Å². The second kappa shape index (κ2) is 8.56. The van der Waals surface area contributed by atoms with E-state index < -0.39 is 0 Å². The lowest BCUT2D eigenvalue weighted by Crippen LogP contribution is -2.44. The molecule has 0 radical (unpaired) electrons. The predicted octanol–water partition coefficient (Wildman–Crippen LogP) is 2.00. The van der Waals surface area contributed by atoms with Crippen LogP contribution in [-0.4, -0.2) is 58.6 Å². The molecule has 4 bridgehead atoms. The van der Waals surface area contributed by atoms with Crippen molar-refractivity contribution in [2.75, 3.05) is 48.8 Å². The van der Waals surface area contributed by atoms with Crippen LogP contribution in [0.3, 0.4) is 0 Å². The number of carbonyl (C=O) groups is 1. The van der Waals surface area contributed by atoms with Gasteiger partial charge in [-0.2, -0.15) is 4.98 Å². The van der Waals surface area contributed by atoms with Gasteiger partial charge in [-0.3, -0.25) is 14.2 Å². The first-order valence-corrected chi connectivity index (χ1v) is 11.0. The van der Waals surface area contributed by atoms with E-state index in [1.54, 1.807) is 10.8 Å². The van der Waals surface area contributed by atoms with Crippen molar-refractivity contribution in [1.29, 1.82) is 0 Å².